The summed E-state index contributed by atoms with van der Waals surface area (Å²) in [5, 5.41) is 0. The Balaban J connectivity index is 1.33. The van der Waals surface area contributed by atoms with Crippen molar-refractivity contribution in [1.82, 2.24) is 0 Å². The number of unbranched alkanes of at least 4 members (excludes halogenated alkanes) is 4. The van der Waals surface area contributed by atoms with E-state index in [4.69, 9.17) is 4.74 Å². The van der Waals surface area contributed by atoms with Crippen LogP contribution in [-0.4, -0.2) is 12.1 Å². The van der Waals surface area contributed by atoms with Crippen LogP contribution in [0, 0.1) is 35.5 Å². The first-order valence-electron chi connectivity index (χ1n) is 14.3. The van der Waals surface area contributed by atoms with Crippen LogP contribution in [0.4, 0.5) is 0 Å². The van der Waals surface area contributed by atoms with Crippen molar-refractivity contribution in [2.24, 2.45) is 35.5 Å². The lowest BCUT2D eigenvalue weighted by molar-refractivity contribution is -0.157. The Labute approximate surface area is 193 Å². The summed E-state index contributed by atoms with van der Waals surface area (Å²) >= 11 is 0. The summed E-state index contributed by atoms with van der Waals surface area (Å²) in [6.07, 6.45) is 23.8. The molecule has 3 fully saturated rings. The molecule has 0 saturated heterocycles. The van der Waals surface area contributed by atoms with E-state index in [1.165, 1.54) is 89.9 Å². The number of carbonyl (C=O) groups excluding carboxylic acids is 1. The number of esters is 1. The van der Waals surface area contributed by atoms with Gasteiger partial charge in [-0.05, 0) is 93.8 Å². The van der Waals surface area contributed by atoms with Crippen LogP contribution in [0.5, 0.6) is 0 Å². The molecule has 0 radical (unpaired) electrons. The molecule has 3 unspecified atom stereocenters. The zero-order valence-corrected chi connectivity index (χ0v) is 21.1. The van der Waals surface area contributed by atoms with Gasteiger partial charge in [0, 0.05) is 0 Å². The highest BCUT2D eigenvalue weighted by molar-refractivity contribution is 5.72. The van der Waals surface area contributed by atoms with Gasteiger partial charge in [-0.3, -0.25) is 4.79 Å². The molecule has 0 aromatic rings. The van der Waals surface area contributed by atoms with Crippen molar-refractivity contribution in [1.29, 1.82) is 0 Å². The van der Waals surface area contributed by atoms with Gasteiger partial charge in [0.25, 0.3) is 0 Å². The lowest BCUT2D eigenvalue weighted by atomic mass is 9.64. The highest BCUT2D eigenvalue weighted by atomic mass is 16.5. The fraction of sp³-hybridized carbons (Fsp3) is 0.966. The highest BCUT2D eigenvalue weighted by Crippen LogP contribution is 2.45. The van der Waals surface area contributed by atoms with E-state index in [0.29, 0.717) is 0 Å². The van der Waals surface area contributed by atoms with Crippen molar-refractivity contribution < 1.29 is 9.53 Å². The molecule has 2 nitrogen and oxygen atoms in total. The van der Waals surface area contributed by atoms with Gasteiger partial charge in [0.2, 0.25) is 0 Å². The summed E-state index contributed by atoms with van der Waals surface area (Å²) in [5.74, 6) is 4.84. The van der Waals surface area contributed by atoms with Gasteiger partial charge in [-0.15, -0.1) is 0 Å². The zero-order valence-electron chi connectivity index (χ0n) is 21.1. The van der Waals surface area contributed by atoms with Crippen molar-refractivity contribution in [2.75, 3.05) is 0 Å². The quantitative estimate of drug-likeness (QED) is 0.255. The maximum absolute atomic E-state index is 12.8. The topological polar surface area (TPSA) is 26.3 Å². The van der Waals surface area contributed by atoms with Crippen LogP contribution in [0.2, 0.25) is 0 Å². The van der Waals surface area contributed by atoms with Crippen molar-refractivity contribution in [3.63, 3.8) is 0 Å². The lowest BCUT2D eigenvalue weighted by Gasteiger charge is -2.41. The summed E-state index contributed by atoms with van der Waals surface area (Å²) < 4.78 is 5.96. The van der Waals surface area contributed by atoms with Crippen LogP contribution < -0.4 is 0 Å². The number of hydrogen-bond acceptors (Lipinski definition) is 2. The highest BCUT2D eigenvalue weighted by Gasteiger charge is 2.37. The van der Waals surface area contributed by atoms with Gasteiger partial charge in [-0.2, -0.15) is 0 Å². The Kier molecular flexibility index (Phi) is 10.7. The number of ether oxygens (including phenoxy) is 1. The molecule has 31 heavy (non-hydrogen) atoms. The van der Waals surface area contributed by atoms with Gasteiger partial charge in [0.15, 0.2) is 0 Å². The molecular weight excluding hydrogens is 380 g/mol. The predicted molar refractivity (Wildman–Crippen MR) is 131 cm³/mol. The molecule has 0 aromatic heterocycles. The van der Waals surface area contributed by atoms with Gasteiger partial charge in [-0.25, -0.2) is 0 Å². The molecule has 0 bridgehead atoms. The molecule has 0 N–H and O–H groups in total. The number of carbonyl (C=O) groups is 1. The molecular formula is C29H52O2. The Morgan fingerprint density at radius 3 is 2.10 bits per heavy atom. The molecule has 0 heterocycles. The molecule has 3 aliphatic carbocycles. The Morgan fingerprint density at radius 2 is 1.45 bits per heavy atom. The van der Waals surface area contributed by atoms with Crippen LogP contribution in [-0.2, 0) is 9.53 Å². The first kappa shape index (κ1) is 25.1. The SMILES string of the molecule is CCCCCCCC1CCC(C2CCC(C(=O)OC3CCC(CC)CC3)CC2)C(C)C1. The third-order valence-corrected chi connectivity index (χ3v) is 9.42. The summed E-state index contributed by atoms with van der Waals surface area (Å²) in [7, 11) is 0. The average molecular weight is 433 g/mol. The summed E-state index contributed by atoms with van der Waals surface area (Å²) in [5.41, 5.74) is 0. The minimum atomic E-state index is 0.137. The van der Waals surface area contributed by atoms with Gasteiger partial charge < -0.3 is 4.74 Å². The monoisotopic (exact) mass is 432 g/mol. The first-order valence-corrected chi connectivity index (χ1v) is 14.3. The molecule has 0 aromatic carbocycles. The normalized spacial score (nSPS) is 36.8. The maximum atomic E-state index is 12.8. The van der Waals surface area contributed by atoms with Crippen LogP contribution in [0.25, 0.3) is 0 Å². The van der Waals surface area contributed by atoms with Gasteiger partial charge in [-0.1, -0.05) is 72.1 Å². The molecule has 3 rings (SSSR count). The van der Waals surface area contributed by atoms with Crippen molar-refractivity contribution in [3.8, 4) is 0 Å². The van der Waals surface area contributed by atoms with Crippen LogP contribution in [0.1, 0.15) is 136 Å². The Morgan fingerprint density at radius 1 is 0.774 bits per heavy atom. The van der Waals surface area contributed by atoms with E-state index < -0.39 is 0 Å². The summed E-state index contributed by atoms with van der Waals surface area (Å²) in [6, 6.07) is 0. The van der Waals surface area contributed by atoms with Crippen molar-refractivity contribution in [2.45, 2.75) is 142 Å². The second-order valence-corrected chi connectivity index (χ2v) is 11.6. The third kappa shape index (κ3) is 7.78. The Hall–Kier alpha value is -0.530. The third-order valence-electron chi connectivity index (χ3n) is 9.42. The standard InChI is InChI=1S/C29H52O2/c1-4-6-7-8-9-10-24-13-20-28(22(3)21-24)25-14-16-26(17-15-25)29(30)31-27-18-11-23(5-2)12-19-27/h22-28H,4-21H2,1-3H3. The van der Waals surface area contributed by atoms with E-state index in [2.05, 4.69) is 20.8 Å². The van der Waals surface area contributed by atoms with E-state index in [1.807, 2.05) is 0 Å². The van der Waals surface area contributed by atoms with Gasteiger partial charge in [0.05, 0.1) is 5.92 Å². The second-order valence-electron chi connectivity index (χ2n) is 11.6. The Bertz CT molecular complexity index is 499. The largest absolute Gasteiger partial charge is 0.462 e. The van der Waals surface area contributed by atoms with E-state index >= 15 is 0 Å². The van der Waals surface area contributed by atoms with E-state index in [9.17, 15) is 4.79 Å². The van der Waals surface area contributed by atoms with Gasteiger partial charge in [0.1, 0.15) is 6.10 Å². The molecule has 0 aliphatic heterocycles. The number of hydrogen-bond donors (Lipinski definition) is 0. The minimum absolute atomic E-state index is 0.137. The average Bonchev–Trinajstić information content (AvgIpc) is 2.80. The van der Waals surface area contributed by atoms with Crippen molar-refractivity contribution in [3.05, 3.63) is 0 Å². The minimum Gasteiger partial charge on any atom is -0.462 e. The lowest BCUT2D eigenvalue weighted by Crippen LogP contribution is -2.34. The van der Waals surface area contributed by atoms with E-state index in [0.717, 1.165) is 55.3 Å². The molecule has 3 saturated carbocycles. The fourth-order valence-electron chi connectivity index (χ4n) is 7.23. The van der Waals surface area contributed by atoms with Crippen LogP contribution in [0.15, 0.2) is 0 Å². The molecule has 0 amide bonds. The maximum Gasteiger partial charge on any atom is 0.309 e. The van der Waals surface area contributed by atoms with E-state index in [-0.39, 0.29) is 18.0 Å². The zero-order chi connectivity index (χ0) is 22.1. The first-order chi connectivity index (χ1) is 15.1. The second kappa shape index (κ2) is 13.2. The fourth-order valence-corrected chi connectivity index (χ4v) is 7.23. The van der Waals surface area contributed by atoms with Crippen molar-refractivity contribution >= 4 is 5.97 Å². The predicted octanol–water partition coefficient (Wildman–Crippen LogP) is 8.72. The molecule has 180 valence electrons. The van der Waals surface area contributed by atoms with Crippen LogP contribution in [0.3, 0.4) is 0 Å². The smallest absolute Gasteiger partial charge is 0.309 e. The van der Waals surface area contributed by atoms with Crippen LogP contribution >= 0.6 is 0 Å². The molecule has 3 atom stereocenters. The van der Waals surface area contributed by atoms with E-state index in [1.54, 1.807) is 0 Å². The number of rotatable bonds is 10. The molecule has 2 heteroatoms. The molecule has 3 aliphatic rings. The molecule has 0 spiro atoms. The van der Waals surface area contributed by atoms with Gasteiger partial charge >= 0.3 is 5.97 Å². The summed E-state index contributed by atoms with van der Waals surface area (Å²) in [6.45, 7) is 7.12. The summed E-state index contributed by atoms with van der Waals surface area (Å²) in [4.78, 5) is 12.8.